The molecule has 0 saturated heterocycles. The van der Waals surface area contributed by atoms with E-state index in [1.54, 1.807) is 60.7 Å². The monoisotopic (exact) mass is 740 g/mol. The molecule has 2 amide bonds. The highest BCUT2D eigenvalue weighted by atomic mass is 16.5. The summed E-state index contributed by atoms with van der Waals surface area (Å²) in [6, 6.07) is 56.5. The van der Waals surface area contributed by atoms with E-state index in [1.165, 1.54) is 0 Å². The van der Waals surface area contributed by atoms with Crippen LogP contribution >= 0.6 is 0 Å². The lowest BCUT2D eigenvalue weighted by Crippen LogP contribution is -2.15. The Morgan fingerprint density at radius 1 is 0.375 bits per heavy atom. The van der Waals surface area contributed by atoms with Crippen LogP contribution < -0.4 is 29.6 Å². The fourth-order valence-electron chi connectivity index (χ4n) is 5.79. The molecule has 0 atom stereocenters. The summed E-state index contributed by atoms with van der Waals surface area (Å²) in [5, 5.41) is 5.89. The van der Waals surface area contributed by atoms with Gasteiger partial charge in [-0.25, -0.2) is 0 Å². The van der Waals surface area contributed by atoms with Crippen molar-refractivity contribution >= 4 is 23.2 Å². The van der Waals surface area contributed by atoms with Crippen LogP contribution in [0.2, 0.25) is 0 Å². The third kappa shape index (κ3) is 10.4. The van der Waals surface area contributed by atoms with E-state index in [0.717, 1.165) is 22.3 Å². The van der Waals surface area contributed by atoms with Crippen LogP contribution in [0.5, 0.6) is 23.0 Å². The molecule has 0 fully saturated rings. The molecule has 2 N–H and O–H groups in total. The van der Waals surface area contributed by atoms with Crippen LogP contribution in [-0.2, 0) is 26.4 Å². The maximum atomic E-state index is 13.9. The smallest absolute Gasteiger partial charge is 0.255 e. The summed E-state index contributed by atoms with van der Waals surface area (Å²) in [4.78, 5) is 27.1. The minimum Gasteiger partial charge on any atom is -0.489 e. The van der Waals surface area contributed by atoms with Crippen molar-refractivity contribution in [1.29, 1.82) is 0 Å². The molecule has 0 aliphatic carbocycles. The van der Waals surface area contributed by atoms with E-state index < -0.39 is 5.91 Å². The molecule has 8 heteroatoms. The number of carbonyl (C=O) groups is 2. The van der Waals surface area contributed by atoms with Crippen LogP contribution in [0.15, 0.2) is 182 Å². The van der Waals surface area contributed by atoms with Crippen LogP contribution in [0.1, 0.15) is 43.0 Å². The molecule has 56 heavy (non-hydrogen) atoms. The highest BCUT2D eigenvalue weighted by Crippen LogP contribution is 2.41. The first kappa shape index (κ1) is 37.0. The van der Waals surface area contributed by atoms with Crippen LogP contribution in [0.25, 0.3) is 0 Å². The second-order valence-corrected chi connectivity index (χ2v) is 12.9. The van der Waals surface area contributed by atoms with Gasteiger partial charge in [-0.2, -0.15) is 0 Å². The summed E-state index contributed by atoms with van der Waals surface area (Å²) < 4.78 is 24.9. The van der Waals surface area contributed by atoms with Crippen molar-refractivity contribution in [3.05, 3.63) is 215 Å². The van der Waals surface area contributed by atoms with Gasteiger partial charge in [0.25, 0.3) is 11.8 Å². The molecule has 278 valence electrons. The van der Waals surface area contributed by atoms with E-state index in [0.29, 0.717) is 52.1 Å². The standard InChI is InChI=1S/C48H40N2O6/c51-47(39-24-26-43(27-25-39)53-31-35-14-5-1-6-15-35)49-41-22-13-23-42(30-41)50-48(52)40-28-44(54-32-36-16-7-2-8-17-36)46(56-34-38-20-11-4-12-21-38)45(29-40)55-33-37-18-9-3-10-19-37/h1-30H,31-34H2,(H,49,51)(H,50,52). The third-order valence-corrected chi connectivity index (χ3v) is 8.73. The zero-order chi connectivity index (χ0) is 38.4. The molecule has 7 aromatic carbocycles. The third-order valence-electron chi connectivity index (χ3n) is 8.73. The maximum absolute atomic E-state index is 13.9. The van der Waals surface area contributed by atoms with Gasteiger partial charge in [0.05, 0.1) is 0 Å². The van der Waals surface area contributed by atoms with E-state index in [9.17, 15) is 9.59 Å². The Labute approximate surface area is 326 Å². The van der Waals surface area contributed by atoms with Gasteiger partial charge in [0.1, 0.15) is 32.2 Å². The fourth-order valence-corrected chi connectivity index (χ4v) is 5.79. The minimum absolute atomic E-state index is 0.247. The number of rotatable bonds is 16. The van der Waals surface area contributed by atoms with E-state index in [2.05, 4.69) is 10.6 Å². The number of carbonyl (C=O) groups excluding carboxylic acids is 2. The molecule has 0 aliphatic heterocycles. The molecule has 8 nitrogen and oxygen atoms in total. The Morgan fingerprint density at radius 2 is 0.768 bits per heavy atom. The zero-order valence-electron chi connectivity index (χ0n) is 30.6. The molecular formula is C48H40N2O6. The maximum Gasteiger partial charge on any atom is 0.255 e. The lowest BCUT2D eigenvalue weighted by atomic mass is 10.1. The van der Waals surface area contributed by atoms with Gasteiger partial charge in [0.15, 0.2) is 11.5 Å². The highest BCUT2D eigenvalue weighted by molar-refractivity contribution is 6.07. The van der Waals surface area contributed by atoms with Crippen molar-refractivity contribution < 1.29 is 28.5 Å². The molecule has 0 aromatic heterocycles. The van der Waals surface area contributed by atoms with Crippen LogP contribution in [0, 0.1) is 0 Å². The van der Waals surface area contributed by atoms with Crippen molar-refractivity contribution in [2.75, 3.05) is 10.6 Å². The zero-order valence-corrected chi connectivity index (χ0v) is 30.6. The topological polar surface area (TPSA) is 95.1 Å². The number of nitrogens with one attached hydrogen (secondary N) is 2. The minimum atomic E-state index is -0.400. The lowest BCUT2D eigenvalue weighted by Gasteiger charge is -2.19. The molecular weight excluding hydrogens is 701 g/mol. The summed E-state index contributed by atoms with van der Waals surface area (Å²) in [6.45, 7) is 1.19. The van der Waals surface area contributed by atoms with Crippen LogP contribution in [0.3, 0.4) is 0 Å². The number of benzene rings is 7. The average molecular weight is 741 g/mol. The van der Waals surface area contributed by atoms with Gasteiger partial charge in [-0.05, 0) is 76.9 Å². The van der Waals surface area contributed by atoms with Gasteiger partial charge >= 0.3 is 0 Å². The summed E-state index contributed by atoms with van der Waals surface area (Å²) >= 11 is 0. The Morgan fingerprint density at radius 3 is 1.21 bits per heavy atom. The predicted octanol–water partition coefficient (Wildman–Crippen LogP) is 10.5. The Bertz CT molecular complexity index is 2270. The Kier molecular flexibility index (Phi) is 12.3. The second kappa shape index (κ2) is 18.6. The van der Waals surface area contributed by atoms with Crippen LogP contribution in [-0.4, -0.2) is 11.8 Å². The van der Waals surface area contributed by atoms with Crippen molar-refractivity contribution in [3.63, 3.8) is 0 Å². The molecule has 7 rings (SSSR count). The molecule has 7 aromatic rings. The summed E-state index contributed by atoms with van der Waals surface area (Å²) in [6.07, 6.45) is 0. The second-order valence-electron chi connectivity index (χ2n) is 12.9. The summed E-state index contributed by atoms with van der Waals surface area (Å²) in [5.41, 5.74) is 5.69. The SMILES string of the molecule is O=C(Nc1cccc(NC(=O)c2cc(OCc3ccccc3)c(OCc3ccccc3)c(OCc3ccccc3)c2)c1)c1ccc(OCc2ccccc2)cc1. The molecule has 0 bridgehead atoms. The van der Waals surface area contributed by atoms with Crippen molar-refractivity contribution in [2.45, 2.75) is 26.4 Å². The lowest BCUT2D eigenvalue weighted by molar-refractivity contribution is 0.101. The number of hydrogen-bond donors (Lipinski definition) is 2. The van der Waals surface area contributed by atoms with Gasteiger partial charge < -0.3 is 29.6 Å². The van der Waals surface area contributed by atoms with Crippen molar-refractivity contribution in [1.82, 2.24) is 0 Å². The number of ether oxygens (including phenoxy) is 4. The molecule has 0 radical (unpaired) electrons. The quantitative estimate of drug-likeness (QED) is 0.102. The van der Waals surface area contributed by atoms with Gasteiger partial charge in [-0.3, -0.25) is 9.59 Å². The van der Waals surface area contributed by atoms with Gasteiger partial charge in [-0.15, -0.1) is 0 Å². The first-order valence-corrected chi connectivity index (χ1v) is 18.2. The highest BCUT2D eigenvalue weighted by Gasteiger charge is 2.20. The number of amides is 2. The van der Waals surface area contributed by atoms with Gasteiger partial charge in [0, 0.05) is 22.5 Å². The number of anilines is 2. The summed E-state index contributed by atoms with van der Waals surface area (Å²) in [7, 11) is 0. The van der Waals surface area contributed by atoms with E-state index in [4.69, 9.17) is 18.9 Å². The van der Waals surface area contributed by atoms with Crippen molar-refractivity contribution in [3.8, 4) is 23.0 Å². The first-order chi connectivity index (χ1) is 27.6. The normalized spacial score (nSPS) is 10.6. The predicted molar refractivity (Wildman–Crippen MR) is 218 cm³/mol. The van der Waals surface area contributed by atoms with Gasteiger partial charge in [0.2, 0.25) is 5.75 Å². The largest absolute Gasteiger partial charge is 0.489 e. The van der Waals surface area contributed by atoms with Gasteiger partial charge in [-0.1, -0.05) is 127 Å². The Balaban J connectivity index is 1.09. The molecule has 0 spiro atoms. The summed E-state index contributed by atoms with van der Waals surface area (Å²) in [5.74, 6) is 1.07. The molecule has 0 unspecified atom stereocenters. The average Bonchev–Trinajstić information content (AvgIpc) is 3.25. The van der Waals surface area contributed by atoms with Crippen LogP contribution in [0.4, 0.5) is 11.4 Å². The molecule has 0 saturated carbocycles. The van der Waals surface area contributed by atoms with E-state index >= 15 is 0 Å². The van der Waals surface area contributed by atoms with Crippen molar-refractivity contribution in [2.24, 2.45) is 0 Å². The molecule has 0 aliphatic rings. The number of hydrogen-bond acceptors (Lipinski definition) is 6. The Hall–Kier alpha value is -7.32. The van der Waals surface area contributed by atoms with E-state index in [1.807, 2.05) is 121 Å². The van der Waals surface area contributed by atoms with E-state index in [-0.39, 0.29) is 25.7 Å². The molecule has 0 heterocycles. The first-order valence-electron chi connectivity index (χ1n) is 18.2. The fraction of sp³-hybridized carbons (Fsp3) is 0.0833.